The fourth-order valence-corrected chi connectivity index (χ4v) is 4.90. The van der Waals surface area contributed by atoms with Crippen LogP contribution >= 0.6 is 11.6 Å². The number of aromatic nitrogens is 4. The molecule has 1 aromatic carbocycles. The number of piperidine rings is 1. The quantitative estimate of drug-likeness (QED) is 0.372. The molecule has 1 fully saturated rings. The van der Waals surface area contributed by atoms with Crippen LogP contribution in [0.2, 0.25) is 5.28 Å². The van der Waals surface area contributed by atoms with Crippen LogP contribution in [0.3, 0.4) is 0 Å². The van der Waals surface area contributed by atoms with E-state index < -0.39 is 0 Å². The molecule has 4 aromatic rings. The van der Waals surface area contributed by atoms with Gasteiger partial charge in [-0.2, -0.15) is 9.97 Å². The van der Waals surface area contributed by atoms with Crippen LogP contribution in [0, 0.1) is 12.8 Å². The molecule has 0 bridgehead atoms. The highest BCUT2D eigenvalue weighted by Gasteiger charge is 2.21. The largest absolute Gasteiger partial charge is 0.497 e. The Bertz CT molecular complexity index is 1310. The summed E-state index contributed by atoms with van der Waals surface area (Å²) in [4.78, 5) is 13.5. The number of aryl methyl sites for hydroxylation is 2. The van der Waals surface area contributed by atoms with E-state index in [0.717, 1.165) is 60.3 Å². The monoisotopic (exact) mass is 480 g/mol. The number of rotatable bonds is 7. The van der Waals surface area contributed by atoms with Crippen molar-refractivity contribution in [3.63, 3.8) is 0 Å². The van der Waals surface area contributed by atoms with Gasteiger partial charge in [0.1, 0.15) is 23.1 Å². The first-order valence-corrected chi connectivity index (χ1v) is 12.0. The van der Waals surface area contributed by atoms with E-state index >= 15 is 0 Å². The Morgan fingerprint density at radius 1 is 1.24 bits per heavy atom. The number of fused-ring (bicyclic) bond motifs is 1. The molecule has 1 unspecified atom stereocenters. The van der Waals surface area contributed by atoms with E-state index in [-0.39, 0.29) is 5.28 Å². The number of furan rings is 1. The van der Waals surface area contributed by atoms with Gasteiger partial charge in [0, 0.05) is 18.5 Å². The van der Waals surface area contributed by atoms with Crippen molar-refractivity contribution >= 4 is 28.6 Å². The number of benzene rings is 1. The molecule has 0 spiro atoms. The molecular weight excluding hydrogens is 452 g/mol. The zero-order chi connectivity index (χ0) is 23.7. The maximum absolute atomic E-state index is 6.18. The van der Waals surface area contributed by atoms with Crippen molar-refractivity contribution < 1.29 is 9.15 Å². The Kier molecular flexibility index (Phi) is 6.43. The maximum Gasteiger partial charge on any atom is 0.226 e. The summed E-state index contributed by atoms with van der Waals surface area (Å²) in [7, 11) is 1.67. The van der Waals surface area contributed by atoms with E-state index in [4.69, 9.17) is 31.5 Å². The smallest absolute Gasteiger partial charge is 0.226 e. The Morgan fingerprint density at radius 3 is 2.85 bits per heavy atom. The minimum absolute atomic E-state index is 0.130. The van der Waals surface area contributed by atoms with Crippen LogP contribution in [0.15, 0.2) is 34.7 Å². The van der Waals surface area contributed by atoms with Gasteiger partial charge in [0.25, 0.3) is 0 Å². The first-order chi connectivity index (χ1) is 16.5. The van der Waals surface area contributed by atoms with Gasteiger partial charge in [-0.1, -0.05) is 0 Å². The zero-order valence-corrected chi connectivity index (χ0v) is 20.2. The molecule has 1 saturated heterocycles. The number of methoxy groups -OCH3 is 1. The summed E-state index contributed by atoms with van der Waals surface area (Å²) in [5, 5.41) is 3.63. The van der Waals surface area contributed by atoms with Crippen LogP contribution in [0.4, 0.5) is 5.82 Å². The second kappa shape index (κ2) is 9.64. The van der Waals surface area contributed by atoms with Gasteiger partial charge in [0.15, 0.2) is 17.0 Å². The lowest BCUT2D eigenvalue weighted by Crippen LogP contribution is -2.30. The van der Waals surface area contributed by atoms with E-state index in [1.165, 1.54) is 12.8 Å². The van der Waals surface area contributed by atoms with E-state index in [2.05, 4.69) is 19.9 Å². The number of nitrogen functional groups attached to an aromatic ring is 1. The summed E-state index contributed by atoms with van der Waals surface area (Å²) >= 11 is 6.18. The minimum Gasteiger partial charge on any atom is -0.497 e. The highest BCUT2D eigenvalue weighted by molar-refractivity contribution is 6.28. The summed E-state index contributed by atoms with van der Waals surface area (Å²) in [5.41, 5.74) is 9.49. The summed E-state index contributed by atoms with van der Waals surface area (Å²) in [6.45, 7) is 4.86. The normalized spacial score (nSPS) is 16.3. The van der Waals surface area contributed by atoms with Crippen molar-refractivity contribution in [2.45, 2.75) is 39.2 Å². The molecule has 5 rings (SSSR count). The average Bonchev–Trinajstić information content (AvgIpc) is 3.42. The van der Waals surface area contributed by atoms with Gasteiger partial charge in [-0.05, 0) is 92.7 Å². The minimum atomic E-state index is 0.130. The van der Waals surface area contributed by atoms with Gasteiger partial charge in [-0.25, -0.2) is 4.98 Å². The summed E-state index contributed by atoms with van der Waals surface area (Å²) in [5.74, 6) is 4.23. The third-order valence-corrected chi connectivity index (χ3v) is 6.67. The number of hydrogen-bond donors (Lipinski definition) is 2. The molecule has 3 N–H and O–H groups in total. The Labute approximate surface area is 203 Å². The van der Waals surface area contributed by atoms with E-state index in [9.17, 15) is 0 Å². The summed E-state index contributed by atoms with van der Waals surface area (Å²) in [6, 6.07) is 9.96. The second-order valence-corrected chi connectivity index (χ2v) is 9.18. The molecule has 0 radical (unpaired) electrons. The fraction of sp³-hybridized carbons (Fsp3) is 0.400. The Balaban J connectivity index is 1.56. The molecule has 0 saturated carbocycles. The number of halogens is 1. The van der Waals surface area contributed by atoms with Crippen LogP contribution < -0.4 is 15.8 Å². The highest BCUT2D eigenvalue weighted by Crippen LogP contribution is 2.32. The topological polar surface area (TPSA) is 104 Å². The molecule has 9 heteroatoms. The SMILES string of the molecule is COc1ccc(-c2ccc(C)o2)c(Cc2nc3c(N)nc(Cl)nc3n2CCC2CCCNC2)c1. The number of nitrogens with zero attached hydrogens (tertiary/aromatic N) is 4. The van der Waals surface area contributed by atoms with Crippen LogP contribution in [0.25, 0.3) is 22.5 Å². The van der Waals surface area contributed by atoms with Gasteiger partial charge in [-0.3, -0.25) is 0 Å². The summed E-state index contributed by atoms with van der Waals surface area (Å²) < 4.78 is 13.6. The third kappa shape index (κ3) is 4.60. The van der Waals surface area contributed by atoms with Crippen molar-refractivity contribution in [3.05, 3.63) is 52.8 Å². The number of hydrogen-bond acceptors (Lipinski definition) is 7. The van der Waals surface area contributed by atoms with Crippen molar-refractivity contribution in [2.75, 3.05) is 25.9 Å². The average molecular weight is 481 g/mol. The fourth-order valence-electron chi connectivity index (χ4n) is 4.72. The molecular formula is C25H29ClN6O2. The Hall–Kier alpha value is -3.10. The second-order valence-electron chi connectivity index (χ2n) is 8.84. The number of nitrogens with two attached hydrogens (primary N) is 1. The van der Waals surface area contributed by atoms with Crippen molar-refractivity contribution in [3.8, 4) is 17.1 Å². The standard InChI is InChI=1S/C25H29ClN6O2/c1-15-5-8-20(34-15)19-7-6-18(33-2)12-17(19)13-21-29-22-23(27)30-25(26)31-24(22)32(21)11-9-16-4-3-10-28-14-16/h5-8,12,16,28H,3-4,9-11,13-14H2,1-2H3,(H2,27,30,31). The third-order valence-electron chi connectivity index (χ3n) is 6.50. The van der Waals surface area contributed by atoms with Crippen LogP contribution in [-0.2, 0) is 13.0 Å². The van der Waals surface area contributed by atoms with Crippen LogP contribution in [-0.4, -0.2) is 39.7 Å². The predicted octanol–water partition coefficient (Wildman–Crippen LogP) is 4.62. The van der Waals surface area contributed by atoms with Crippen LogP contribution in [0.5, 0.6) is 5.75 Å². The Morgan fingerprint density at radius 2 is 2.12 bits per heavy atom. The lowest BCUT2D eigenvalue weighted by atomic mass is 9.96. The number of anilines is 1. The number of imidazole rings is 1. The molecule has 8 nitrogen and oxygen atoms in total. The molecule has 3 aromatic heterocycles. The molecule has 1 atom stereocenters. The molecule has 0 aliphatic carbocycles. The van der Waals surface area contributed by atoms with E-state index in [1.54, 1.807) is 7.11 Å². The molecule has 4 heterocycles. The van der Waals surface area contributed by atoms with Crippen molar-refractivity contribution in [1.29, 1.82) is 0 Å². The van der Waals surface area contributed by atoms with Crippen molar-refractivity contribution in [1.82, 2.24) is 24.8 Å². The van der Waals surface area contributed by atoms with Crippen LogP contribution in [0.1, 0.15) is 36.4 Å². The predicted molar refractivity (Wildman–Crippen MR) is 133 cm³/mol. The molecule has 0 amide bonds. The lowest BCUT2D eigenvalue weighted by molar-refractivity contribution is 0.341. The molecule has 178 valence electrons. The van der Waals surface area contributed by atoms with Gasteiger partial charge in [0.05, 0.1) is 7.11 Å². The number of ether oxygens (including phenoxy) is 1. The molecule has 34 heavy (non-hydrogen) atoms. The van der Waals surface area contributed by atoms with E-state index in [0.29, 0.717) is 29.3 Å². The first-order valence-electron chi connectivity index (χ1n) is 11.6. The molecule has 1 aliphatic rings. The zero-order valence-electron chi connectivity index (χ0n) is 19.5. The highest BCUT2D eigenvalue weighted by atomic mass is 35.5. The number of nitrogens with one attached hydrogen (secondary N) is 1. The van der Waals surface area contributed by atoms with E-state index in [1.807, 2.05) is 37.3 Å². The maximum atomic E-state index is 6.18. The van der Waals surface area contributed by atoms with Gasteiger partial charge in [0.2, 0.25) is 5.28 Å². The van der Waals surface area contributed by atoms with Crippen molar-refractivity contribution in [2.24, 2.45) is 5.92 Å². The van der Waals surface area contributed by atoms with Gasteiger partial charge >= 0.3 is 0 Å². The lowest BCUT2D eigenvalue weighted by Gasteiger charge is -2.23. The first kappa shape index (κ1) is 22.7. The summed E-state index contributed by atoms with van der Waals surface area (Å²) in [6.07, 6.45) is 4.02. The van der Waals surface area contributed by atoms with Gasteiger partial charge < -0.3 is 24.8 Å². The van der Waals surface area contributed by atoms with Gasteiger partial charge in [-0.15, -0.1) is 0 Å². The molecule has 1 aliphatic heterocycles.